The van der Waals surface area contributed by atoms with Crippen molar-refractivity contribution in [2.24, 2.45) is 5.92 Å². The number of hydrogen-bond acceptors (Lipinski definition) is 3. The zero-order valence-electron chi connectivity index (χ0n) is 10.4. The van der Waals surface area contributed by atoms with Gasteiger partial charge in [-0.2, -0.15) is 0 Å². The molecular weight excluding hydrogens is 215 g/mol. The minimum Gasteiger partial charge on any atom is -0.427 e. The Hall–Kier alpha value is -0.835. The fourth-order valence-corrected chi connectivity index (χ4v) is 2.16. The molecule has 4 heteroatoms. The van der Waals surface area contributed by atoms with Gasteiger partial charge in [0.1, 0.15) is 0 Å². The molecule has 0 unspecified atom stereocenters. The van der Waals surface area contributed by atoms with Crippen molar-refractivity contribution >= 4 is 7.12 Å². The normalized spacial score (nSPS) is 26.9. The van der Waals surface area contributed by atoms with E-state index in [0.717, 1.165) is 12.0 Å². The van der Waals surface area contributed by atoms with Gasteiger partial charge in [-0.05, 0) is 24.8 Å². The van der Waals surface area contributed by atoms with Crippen LogP contribution in [-0.2, 0) is 11.3 Å². The molecule has 17 heavy (non-hydrogen) atoms. The van der Waals surface area contributed by atoms with Crippen LogP contribution in [-0.4, -0.2) is 23.8 Å². The molecule has 0 amide bonds. The van der Waals surface area contributed by atoms with Crippen molar-refractivity contribution in [1.29, 1.82) is 0 Å². The lowest BCUT2D eigenvalue weighted by molar-refractivity contribution is 0.107. The van der Waals surface area contributed by atoms with E-state index in [2.05, 4.69) is 19.1 Å². The van der Waals surface area contributed by atoms with E-state index in [9.17, 15) is 10.0 Å². The summed E-state index contributed by atoms with van der Waals surface area (Å²) >= 11 is 0. The maximum atomic E-state index is 9.17. The van der Waals surface area contributed by atoms with Crippen molar-refractivity contribution in [1.82, 2.24) is 0 Å². The molecule has 1 aromatic rings. The van der Waals surface area contributed by atoms with E-state index >= 15 is 0 Å². The molecule has 1 aromatic carbocycles. The van der Waals surface area contributed by atoms with Gasteiger partial charge in [-0.3, -0.25) is 0 Å². The van der Waals surface area contributed by atoms with Crippen molar-refractivity contribution in [3.05, 3.63) is 35.4 Å². The predicted molar refractivity (Wildman–Crippen MR) is 67.5 cm³/mol. The second-order valence-corrected chi connectivity index (χ2v) is 5.28. The van der Waals surface area contributed by atoms with Crippen LogP contribution in [0.2, 0.25) is 5.31 Å². The van der Waals surface area contributed by atoms with E-state index in [1.165, 1.54) is 5.56 Å². The number of aryl methyl sites for hydroxylation is 1. The predicted octanol–water partition coefficient (Wildman–Crippen LogP) is 1.76. The molecule has 1 aliphatic rings. The minimum atomic E-state index is -1.23. The van der Waals surface area contributed by atoms with E-state index < -0.39 is 7.12 Å². The molecule has 0 bridgehead atoms. The van der Waals surface area contributed by atoms with E-state index in [1.54, 1.807) is 0 Å². The van der Waals surface area contributed by atoms with Gasteiger partial charge < -0.3 is 14.8 Å². The second-order valence-electron chi connectivity index (χ2n) is 5.28. The molecule has 0 aromatic heterocycles. The van der Waals surface area contributed by atoms with Gasteiger partial charge in [0.25, 0.3) is 0 Å². The van der Waals surface area contributed by atoms with Gasteiger partial charge in [-0.1, -0.05) is 36.8 Å². The Balaban J connectivity index is 1.75. The van der Waals surface area contributed by atoms with Gasteiger partial charge in [0, 0.05) is 11.9 Å². The fourth-order valence-electron chi connectivity index (χ4n) is 2.16. The van der Waals surface area contributed by atoms with Crippen LogP contribution >= 0.6 is 0 Å². The first-order valence-electron chi connectivity index (χ1n) is 6.02. The average Bonchev–Trinajstić information content (AvgIpc) is 2.91. The molecule has 2 N–H and O–H groups in total. The summed E-state index contributed by atoms with van der Waals surface area (Å²) in [6, 6.07) is 8.23. The Morgan fingerprint density at radius 3 is 2.82 bits per heavy atom. The van der Waals surface area contributed by atoms with Crippen molar-refractivity contribution in [3.63, 3.8) is 0 Å². The fraction of sp³-hybridized carbons (Fsp3) is 0.538. The molecule has 0 aliphatic heterocycles. The Labute approximate surface area is 103 Å². The number of rotatable bonds is 5. The molecule has 0 spiro atoms. The molecule has 92 valence electrons. The maximum Gasteiger partial charge on any atom is 0.458 e. The van der Waals surface area contributed by atoms with Gasteiger partial charge in [0.2, 0.25) is 0 Å². The Kier molecular flexibility index (Phi) is 3.57. The van der Waals surface area contributed by atoms with Crippen LogP contribution in [0, 0.1) is 12.8 Å². The summed E-state index contributed by atoms with van der Waals surface area (Å²) in [4.78, 5) is 0. The molecule has 0 heterocycles. The highest BCUT2D eigenvalue weighted by Gasteiger charge is 2.57. The summed E-state index contributed by atoms with van der Waals surface area (Å²) in [5.74, 6) is 0.271. The monoisotopic (exact) mass is 234 g/mol. The molecule has 1 fully saturated rings. The maximum absolute atomic E-state index is 9.17. The Morgan fingerprint density at radius 2 is 2.24 bits per heavy atom. The topological polar surface area (TPSA) is 49.7 Å². The van der Waals surface area contributed by atoms with Gasteiger partial charge >= 0.3 is 7.12 Å². The molecule has 1 aliphatic carbocycles. The summed E-state index contributed by atoms with van der Waals surface area (Å²) in [7, 11) is -1.23. The molecule has 3 nitrogen and oxygen atoms in total. The van der Waals surface area contributed by atoms with E-state index in [4.69, 9.17) is 4.74 Å². The summed E-state index contributed by atoms with van der Waals surface area (Å²) in [6.45, 7) is 5.14. The lowest BCUT2D eigenvalue weighted by Crippen LogP contribution is -2.21. The summed E-state index contributed by atoms with van der Waals surface area (Å²) in [6.07, 6.45) is 0.832. The zero-order chi connectivity index (χ0) is 12.5. The van der Waals surface area contributed by atoms with Crippen molar-refractivity contribution < 1.29 is 14.8 Å². The number of benzene rings is 1. The van der Waals surface area contributed by atoms with Crippen LogP contribution in [0.15, 0.2) is 24.3 Å². The van der Waals surface area contributed by atoms with Gasteiger partial charge in [0.05, 0.1) is 6.61 Å². The lowest BCUT2D eigenvalue weighted by Gasteiger charge is -2.09. The SMILES string of the molecule is Cc1cccc(COC[C@H]2C[C@]2(C)B(O)O)c1. The highest BCUT2D eigenvalue weighted by Crippen LogP contribution is 2.60. The largest absolute Gasteiger partial charge is 0.458 e. The lowest BCUT2D eigenvalue weighted by atomic mass is 9.69. The van der Waals surface area contributed by atoms with Gasteiger partial charge in [-0.15, -0.1) is 0 Å². The van der Waals surface area contributed by atoms with Gasteiger partial charge in [-0.25, -0.2) is 0 Å². The smallest absolute Gasteiger partial charge is 0.427 e. The minimum absolute atomic E-state index is 0.271. The first kappa shape index (κ1) is 12.6. The van der Waals surface area contributed by atoms with E-state index in [1.807, 2.05) is 19.1 Å². The molecule has 2 atom stereocenters. The molecule has 0 saturated heterocycles. The van der Waals surface area contributed by atoms with Crippen LogP contribution in [0.25, 0.3) is 0 Å². The van der Waals surface area contributed by atoms with Crippen LogP contribution in [0.1, 0.15) is 24.5 Å². The van der Waals surface area contributed by atoms with E-state index in [0.29, 0.717) is 13.2 Å². The third-order valence-corrected chi connectivity index (χ3v) is 3.72. The molecule has 2 rings (SSSR count). The van der Waals surface area contributed by atoms with E-state index in [-0.39, 0.29) is 11.2 Å². The molecule has 0 radical (unpaired) electrons. The first-order chi connectivity index (χ1) is 8.02. The molecule has 1 saturated carbocycles. The first-order valence-corrected chi connectivity index (χ1v) is 6.02. The third-order valence-electron chi connectivity index (χ3n) is 3.72. The highest BCUT2D eigenvalue weighted by molar-refractivity contribution is 6.46. The van der Waals surface area contributed by atoms with Crippen LogP contribution in [0.3, 0.4) is 0 Å². The zero-order valence-corrected chi connectivity index (χ0v) is 10.4. The Morgan fingerprint density at radius 1 is 1.47 bits per heavy atom. The molecular formula is C13H19BO3. The van der Waals surface area contributed by atoms with Crippen LogP contribution in [0.4, 0.5) is 0 Å². The average molecular weight is 234 g/mol. The quantitative estimate of drug-likeness (QED) is 0.763. The van der Waals surface area contributed by atoms with Crippen LogP contribution < -0.4 is 0 Å². The van der Waals surface area contributed by atoms with Crippen molar-refractivity contribution in [3.8, 4) is 0 Å². The van der Waals surface area contributed by atoms with Crippen LogP contribution in [0.5, 0.6) is 0 Å². The van der Waals surface area contributed by atoms with Crippen molar-refractivity contribution in [2.45, 2.75) is 32.2 Å². The number of ether oxygens (including phenoxy) is 1. The second kappa shape index (κ2) is 4.80. The number of hydrogen-bond donors (Lipinski definition) is 2. The summed E-state index contributed by atoms with van der Waals surface area (Å²) in [5, 5.41) is 18.0. The van der Waals surface area contributed by atoms with Crippen molar-refractivity contribution in [2.75, 3.05) is 6.61 Å². The summed E-state index contributed by atoms with van der Waals surface area (Å²) < 4.78 is 5.62. The van der Waals surface area contributed by atoms with Gasteiger partial charge in [0.15, 0.2) is 0 Å². The Bertz CT molecular complexity index is 394. The standard InChI is InChI=1S/C13H19BO3/c1-10-4-3-5-11(6-10)8-17-9-12-7-13(12,2)14(15)16/h3-6,12,15-16H,7-9H2,1-2H3/t12-,13+/m1/s1. The highest BCUT2D eigenvalue weighted by atomic mass is 16.5. The third kappa shape index (κ3) is 2.89. The summed E-state index contributed by atoms with van der Waals surface area (Å²) in [5.41, 5.74) is 2.39.